The number of carbonyl (C=O) groups excluding carboxylic acids is 1. The van der Waals surface area contributed by atoms with Crippen LogP contribution in [0.2, 0.25) is 0 Å². The summed E-state index contributed by atoms with van der Waals surface area (Å²) in [6.07, 6.45) is 3.45. The van der Waals surface area contributed by atoms with E-state index in [-0.39, 0.29) is 29.6 Å². The first kappa shape index (κ1) is 18.4. The van der Waals surface area contributed by atoms with E-state index in [1.54, 1.807) is 19.9 Å². The molecule has 4 atom stereocenters. The number of rotatable bonds is 3. The fourth-order valence-corrected chi connectivity index (χ4v) is 5.48. The Balaban J connectivity index is 1.87. The second-order valence-corrected chi connectivity index (χ2v) is 8.32. The smallest absolute Gasteiger partial charge is 0.305 e. The molecule has 3 N–H and O–H groups in total. The fourth-order valence-electron chi connectivity index (χ4n) is 5.48. The first-order valence-electron chi connectivity index (χ1n) is 10.0. The normalized spacial score (nSPS) is 25.9. The molecule has 0 radical (unpaired) electrons. The number of aliphatic hydroxyl groups excluding tert-OH is 1. The number of hydrogen-bond acceptors (Lipinski definition) is 5. The number of phenolic OH excluding ortho intramolecular Hbond substituents is 1. The van der Waals surface area contributed by atoms with Crippen LogP contribution < -0.4 is 0 Å². The highest BCUT2D eigenvalue weighted by Crippen LogP contribution is 2.50. The number of carbonyl (C=O) groups is 2. The Morgan fingerprint density at radius 2 is 2.14 bits per heavy atom. The Hall–Kier alpha value is -2.64. The maximum Gasteiger partial charge on any atom is 0.305 e. The van der Waals surface area contributed by atoms with Gasteiger partial charge in [-0.25, -0.2) is 0 Å². The minimum Gasteiger partial charge on any atom is -0.507 e. The number of benzene rings is 1. The molecule has 3 heterocycles. The van der Waals surface area contributed by atoms with Gasteiger partial charge in [0.15, 0.2) is 5.78 Å². The summed E-state index contributed by atoms with van der Waals surface area (Å²) < 4.78 is 8.00. The Bertz CT molecular complexity index is 1110. The molecule has 1 aliphatic carbocycles. The molecule has 2 aromatic rings. The first-order chi connectivity index (χ1) is 13.8. The number of aliphatic hydroxyl groups is 1. The Kier molecular flexibility index (Phi) is 3.92. The van der Waals surface area contributed by atoms with Crippen LogP contribution in [-0.4, -0.2) is 43.8 Å². The number of hydrogen-bond donors (Lipinski definition) is 3. The highest BCUT2D eigenvalue weighted by molar-refractivity contribution is 6.22. The van der Waals surface area contributed by atoms with Gasteiger partial charge < -0.3 is 24.6 Å². The molecule has 0 amide bonds. The van der Waals surface area contributed by atoms with Crippen molar-refractivity contribution in [1.29, 1.82) is 0 Å². The van der Waals surface area contributed by atoms with Crippen molar-refractivity contribution in [2.75, 3.05) is 0 Å². The number of carboxylic acid groups (broad SMARTS) is 1. The molecule has 2 aliphatic heterocycles. The van der Waals surface area contributed by atoms with Crippen LogP contribution in [0.15, 0.2) is 6.08 Å². The van der Waals surface area contributed by atoms with Gasteiger partial charge in [0.2, 0.25) is 0 Å². The van der Waals surface area contributed by atoms with Crippen LogP contribution >= 0.6 is 0 Å². The summed E-state index contributed by atoms with van der Waals surface area (Å²) in [4.78, 5) is 24.0. The van der Waals surface area contributed by atoms with Crippen LogP contribution in [0, 0.1) is 0 Å². The number of aliphatic carboxylic acids is 1. The second kappa shape index (κ2) is 6.18. The van der Waals surface area contributed by atoms with Crippen LogP contribution in [0.5, 0.6) is 5.75 Å². The molecule has 1 aromatic carbocycles. The molecule has 0 spiro atoms. The Labute approximate surface area is 167 Å². The molecule has 0 fully saturated rings. The van der Waals surface area contributed by atoms with E-state index >= 15 is 0 Å². The lowest BCUT2D eigenvalue weighted by Crippen LogP contribution is -2.29. The number of phenols is 1. The maximum atomic E-state index is 12.7. The van der Waals surface area contributed by atoms with Gasteiger partial charge in [0.25, 0.3) is 0 Å². The third-order valence-corrected chi connectivity index (χ3v) is 6.55. The van der Waals surface area contributed by atoms with Gasteiger partial charge >= 0.3 is 5.97 Å². The summed E-state index contributed by atoms with van der Waals surface area (Å²) in [5.74, 6) is -1.26. The Morgan fingerprint density at radius 1 is 1.38 bits per heavy atom. The number of ether oxygens (including phenoxy) is 1. The SMILES string of the molecule is C[C@H]1O[C@H](CC(=O)O)Cc2c1c(O)c1c3c(c4n(c23)[C@@H]([C@@H](C)O)CC4)C=CC1=O. The molecule has 7 heteroatoms. The van der Waals surface area contributed by atoms with E-state index in [4.69, 9.17) is 4.74 Å². The number of ketones is 1. The zero-order valence-electron chi connectivity index (χ0n) is 16.3. The molecule has 152 valence electrons. The standard InChI is InChI=1S/C22H23NO6/c1-9(24)14-4-5-15-12-3-6-16(25)20-19(12)21(23(14)15)13-7-11(8-17(26)27)29-10(2)18(13)22(20)28/h3,6,9-11,14,24,28H,4-5,7-8H2,1-2H3,(H,26,27)/t9-,10-,11+,14-/m1/s1. The molecule has 7 nitrogen and oxygen atoms in total. The van der Waals surface area contributed by atoms with Crippen molar-refractivity contribution >= 4 is 28.7 Å². The lowest BCUT2D eigenvalue weighted by atomic mass is 9.84. The van der Waals surface area contributed by atoms with Gasteiger partial charge in [-0.05, 0) is 44.4 Å². The average molecular weight is 397 g/mol. The van der Waals surface area contributed by atoms with Crippen LogP contribution in [0.25, 0.3) is 17.0 Å². The minimum atomic E-state index is -0.940. The van der Waals surface area contributed by atoms with E-state index in [1.807, 2.05) is 0 Å². The first-order valence-corrected chi connectivity index (χ1v) is 10.0. The van der Waals surface area contributed by atoms with Crippen molar-refractivity contribution in [3.05, 3.63) is 34.0 Å². The molecule has 29 heavy (non-hydrogen) atoms. The van der Waals surface area contributed by atoms with Crippen molar-refractivity contribution < 1.29 is 29.6 Å². The van der Waals surface area contributed by atoms with Crippen LogP contribution in [0.3, 0.4) is 0 Å². The summed E-state index contributed by atoms with van der Waals surface area (Å²) in [6.45, 7) is 3.54. The van der Waals surface area contributed by atoms with E-state index in [2.05, 4.69) is 4.57 Å². The molecule has 3 aliphatic rings. The zero-order chi connectivity index (χ0) is 20.6. The highest BCUT2D eigenvalue weighted by atomic mass is 16.5. The number of fused-ring (bicyclic) bond motifs is 5. The van der Waals surface area contributed by atoms with Crippen molar-refractivity contribution in [3.8, 4) is 5.75 Å². The number of nitrogens with zero attached hydrogens (tertiary/aromatic N) is 1. The molecule has 0 bridgehead atoms. The van der Waals surface area contributed by atoms with E-state index in [0.717, 1.165) is 40.6 Å². The molecule has 5 rings (SSSR count). The third kappa shape index (κ3) is 2.44. The summed E-state index contributed by atoms with van der Waals surface area (Å²) >= 11 is 0. The number of aromatic hydroxyl groups is 1. The predicted molar refractivity (Wildman–Crippen MR) is 105 cm³/mol. The second-order valence-electron chi connectivity index (χ2n) is 8.32. The topological polar surface area (TPSA) is 109 Å². The Morgan fingerprint density at radius 3 is 2.83 bits per heavy atom. The minimum absolute atomic E-state index is 0.0674. The fraction of sp³-hybridized carbons (Fsp3) is 0.455. The van der Waals surface area contributed by atoms with Crippen LogP contribution in [-0.2, 0) is 22.4 Å². The van der Waals surface area contributed by atoms with Gasteiger partial charge in [-0.15, -0.1) is 0 Å². The lowest BCUT2D eigenvalue weighted by Gasteiger charge is -2.33. The van der Waals surface area contributed by atoms with Crippen molar-refractivity contribution in [2.45, 2.75) is 63.9 Å². The van der Waals surface area contributed by atoms with Gasteiger partial charge in [-0.1, -0.05) is 0 Å². The number of aromatic nitrogens is 1. The lowest BCUT2D eigenvalue weighted by molar-refractivity contribution is -0.141. The van der Waals surface area contributed by atoms with E-state index < -0.39 is 24.3 Å². The van der Waals surface area contributed by atoms with Crippen LogP contribution in [0.1, 0.15) is 71.6 Å². The van der Waals surface area contributed by atoms with Gasteiger partial charge in [0, 0.05) is 28.6 Å². The van der Waals surface area contributed by atoms with Gasteiger partial charge in [0.05, 0.1) is 41.9 Å². The molecular formula is C22H23NO6. The summed E-state index contributed by atoms with van der Waals surface area (Å²) in [5, 5.41) is 31.4. The number of allylic oxidation sites excluding steroid dienone is 1. The zero-order valence-corrected chi connectivity index (χ0v) is 16.3. The summed E-state index contributed by atoms with van der Waals surface area (Å²) in [6, 6.07) is -0.125. The van der Waals surface area contributed by atoms with E-state index in [1.165, 1.54) is 6.08 Å². The third-order valence-electron chi connectivity index (χ3n) is 6.55. The van der Waals surface area contributed by atoms with Crippen LogP contribution in [0.4, 0.5) is 0 Å². The largest absolute Gasteiger partial charge is 0.507 e. The molecule has 0 unspecified atom stereocenters. The van der Waals surface area contributed by atoms with E-state index in [9.17, 15) is 24.9 Å². The average Bonchev–Trinajstić information content (AvgIpc) is 3.18. The molecular weight excluding hydrogens is 374 g/mol. The maximum absolute atomic E-state index is 12.7. The summed E-state index contributed by atoms with van der Waals surface area (Å²) in [5.41, 5.74) is 4.48. The predicted octanol–water partition coefficient (Wildman–Crippen LogP) is 2.90. The van der Waals surface area contributed by atoms with Crippen molar-refractivity contribution in [1.82, 2.24) is 4.57 Å². The molecule has 0 saturated heterocycles. The quantitative estimate of drug-likeness (QED) is 0.735. The monoisotopic (exact) mass is 397 g/mol. The molecule has 0 saturated carbocycles. The molecule has 1 aromatic heterocycles. The van der Waals surface area contributed by atoms with Gasteiger partial charge in [-0.3, -0.25) is 9.59 Å². The van der Waals surface area contributed by atoms with Crippen molar-refractivity contribution in [2.24, 2.45) is 0 Å². The highest BCUT2D eigenvalue weighted by Gasteiger charge is 2.40. The number of carboxylic acids is 1. The summed E-state index contributed by atoms with van der Waals surface area (Å²) in [7, 11) is 0. The van der Waals surface area contributed by atoms with Gasteiger partial charge in [0.1, 0.15) is 5.75 Å². The van der Waals surface area contributed by atoms with Crippen molar-refractivity contribution in [3.63, 3.8) is 0 Å². The van der Waals surface area contributed by atoms with E-state index in [0.29, 0.717) is 12.0 Å². The van der Waals surface area contributed by atoms with Gasteiger partial charge in [-0.2, -0.15) is 0 Å².